The van der Waals surface area contributed by atoms with Gasteiger partial charge in [-0.3, -0.25) is 19.8 Å². The van der Waals surface area contributed by atoms with Crippen LogP contribution in [0, 0.1) is 11.2 Å². The highest BCUT2D eigenvalue weighted by molar-refractivity contribution is 6.06. The number of anilines is 1. The summed E-state index contributed by atoms with van der Waals surface area (Å²) in [6.45, 7) is 7.32. The van der Waals surface area contributed by atoms with Gasteiger partial charge in [0.1, 0.15) is 11.6 Å². The smallest absolute Gasteiger partial charge is 0.221 e. The molecule has 0 fully saturated rings. The Morgan fingerprint density at radius 2 is 1.82 bits per heavy atom. The van der Waals surface area contributed by atoms with Crippen molar-refractivity contribution in [2.75, 3.05) is 32.7 Å². The van der Waals surface area contributed by atoms with Crippen LogP contribution in [0.1, 0.15) is 67.6 Å². The van der Waals surface area contributed by atoms with Gasteiger partial charge in [-0.05, 0) is 35.6 Å². The summed E-state index contributed by atoms with van der Waals surface area (Å²) < 4.78 is 31.5. The van der Waals surface area contributed by atoms with E-state index in [1.165, 1.54) is 32.1 Å². The highest BCUT2D eigenvalue weighted by Crippen LogP contribution is 2.40. The van der Waals surface area contributed by atoms with Crippen molar-refractivity contribution in [1.29, 1.82) is 5.41 Å². The number of carbonyl (C=O) groups is 3. The Morgan fingerprint density at radius 3 is 2.38 bits per heavy atom. The molecule has 3 rings (SSSR count). The largest absolute Gasteiger partial charge is 0.493 e. The fourth-order valence-corrected chi connectivity index (χ4v) is 4.43. The van der Waals surface area contributed by atoms with Gasteiger partial charge in [0.15, 0.2) is 23.1 Å². The van der Waals surface area contributed by atoms with Crippen LogP contribution in [0.25, 0.3) is 0 Å². The first-order valence-electron chi connectivity index (χ1n) is 12.5. The number of nitrogens with two attached hydrogens (primary N) is 1. The van der Waals surface area contributed by atoms with E-state index in [1.54, 1.807) is 12.1 Å². The Morgan fingerprint density at radius 1 is 1.13 bits per heavy atom. The number of nitrogens with one attached hydrogen (secondary N) is 2. The second kappa shape index (κ2) is 11.7. The average molecular weight is 543 g/mol. The van der Waals surface area contributed by atoms with E-state index < -0.39 is 17.1 Å². The molecule has 0 radical (unpaired) electrons. The van der Waals surface area contributed by atoms with E-state index in [0.717, 1.165) is 0 Å². The molecular weight excluding hydrogens is 507 g/mol. The minimum Gasteiger partial charge on any atom is -0.493 e. The number of fused-ring (bicyclic) bond motifs is 1. The van der Waals surface area contributed by atoms with Crippen LogP contribution in [0.15, 0.2) is 18.2 Å². The van der Waals surface area contributed by atoms with Gasteiger partial charge in [-0.15, -0.1) is 0 Å². The summed E-state index contributed by atoms with van der Waals surface area (Å²) in [5.74, 6) is -1.46. The highest BCUT2D eigenvalue weighted by atomic mass is 19.1. The van der Waals surface area contributed by atoms with Crippen LogP contribution in [-0.2, 0) is 21.5 Å². The van der Waals surface area contributed by atoms with Gasteiger partial charge in [0.25, 0.3) is 0 Å². The lowest BCUT2D eigenvalue weighted by atomic mass is 9.84. The van der Waals surface area contributed by atoms with Crippen molar-refractivity contribution in [3.63, 3.8) is 0 Å². The Labute approximate surface area is 227 Å². The second-order valence-corrected chi connectivity index (χ2v) is 10.3. The third-order valence-electron chi connectivity index (χ3n) is 6.29. The lowest BCUT2D eigenvalue weighted by Crippen LogP contribution is -2.31. The minimum atomic E-state index is -0.715. The number of carbonyl (C=O) groups excluding carboxylic acids is 3. The fraction of sp³-hybridized carbons (Fsp3) is 0.429. The first-order valence-corrected chi connectivity index (χ1v) is 12.5. The number of ether oxygens (including phenoxy) is 3. The molecule has 0 aromatic heterocycles. The topological polar surface area (TPSA) is 144 Å². The van der Waals surface area contributed by atoms with Crippen LogP contribution < -0.4 is 25.3 Å². The molecule has 11 heteroatoms. The molecule has 39 heavy (non-hydrogen) atoms. The maximum atomic E-state index is 15.1. The standard InChI is InChI=1S/C28H35FN4O6/c1-15(34)32-19-11-16(10-18(28(2,3)4)25(19)39-9-7-8-22(30)36)20(35)14-33-13-17-12-21(37-5)26(38-6)24(29)23(17)27(33)31/h10-12,31H,7-9,13-14H2,1-6H3,(H2,30,36)(H,32,34). The molecule has 2 aromatic carbocycles. The van der Waals surface area contributed by atoms with E-state index in [1.807, 2.05) is 20.8 Å². The van der Waals surface area contributed by atoms with Crippen molar-refractivity contribution < 1.29 is 33.0 Å². The summed E-state index contributed by atoms with van der Waals surface area (Å²) >= 11 is 0. The average Bonchev–Trinajstić information content (AvgIpc) is 3.15. The molecule has 0 saturated heterocycles. The number of ketones is 1. The van der Waals surface area contributed by atoms with Crippen LogP contribution in [-0.4, -0.2) is 55.7 Å². The lowest BCUT2D eigenvalue weighted by molar-refractivity contribution is -0.118. The zero-order chi connectivity index (χ0) is 29.1. The Kier molecular flexibility index (Phi) is 8.83. The monoisotopic (exact) mass is 542 g/mol. The molecule has 10 nitrogen and oxygen atoms in total. The van der Waals surface area contributed by atoms with Gasteiger partial charge in [0.05, 0.1) is 38.6 Å². The number of benzene rings is 2. The molecule has 0 aliphatic carbocycles. The van der Waals surface area contributed by atoms with Crippen molar-refractivity contribution in [2.24, 2.45) is 5.73 Å². The Bertz CT molecular complexity index is 1320. The molecule has 4 N–H and O–H groups in total. The Hall–Kier alpha value is -4.15. The lowest BCUT2D eigenvalue weighted by Gasteiger charge is -2.26. The summed E-state index contributed by atoms with van der Waals surface area (Å²) in [5, 5.41) is 11.3. The summed E-state index contributed by atoms with van der Waals surface area (Å²) in [5.41, 5.74) is 6.61. The molecule has 1 aliphatic rings. The van der Waals surface area contributed by atoms with Crippen molar-refractivity contribution in [3.05, 3.63) is 46.3 Å². The number of amides is 2. The zero-order valence-corrected chi connectivity index (χ0v) is 23.1. The molecule has 2 amide bonds. The van der Waals surface area contributed by atoms with Gasteiger partial charge >= 0.3 is 0 Å². The van der Waals surface area contributed by atoms with Gasteiger partial charge in [0, 0.05) is 31.0 Å². The summed E-state index contributed by atoms with van der Waals surface area (Å²) in [6, 6.07) is 4.84. The quantitative estimate of drug-likeness (QED) is 0.290. The summed E-state index contributed by atoms with van der Waals surface area (Å²) in [4.78, 5) is 38.1. The molecule has 0 bridgehead atoms. The Balaban J connectivity index is 1.94. The van der Waals surface area contributed by atoms with E-state index in [4.69, 9.17) is 25.4 Å². The van der Waals surface area contributed by atoms with E-state index in [9.17, 15) is 14.4 Å². The first-order chi connectivity index (χ1) is 18.3. The van der Waals surface area contributed by atoms with Crippen LogP contribution in [0.2, 0.25) is 0 Å². The molecular formula is C28H35FN4O6. The van der Waals surface area contributed by atoms with Crippen molar-refractivity contribution in [3.8, 4) is 17.2 Å². The van der Waals surface area contributed by atoms with Crippen LogP contribution in [0.4, 0.5) is 10.1 Å². The SMILES string of the molecule is COc1cc2c(c(F)c1OC)C(=N)N(CC(=O)c1cc(NC(C)=O)c(OCCCC(N)=O)c(C(C)(C)C)c1)C2. The molecule has 0 atom stereocenters. The van der Waals surface area contributed by atoms with E-state index >= 15 is 4.39 Å². The van der Waals surface area contributed by atoms with Crippen molar-refractivity contribution in [1.82, 2.24) is 4.90 Å². The number of Topliss-reactive ketones (excluding diaryl/α,β-unsaturated/α-hetero) is 1. The number of halogens is 1. The van der Waals surface area contributed by atoms with Gasteiger partial charge in [0.2, 0.25) is 11.8 Å². The number of hydrogen-bond donors (Lipinski definition) is 3. The number of amidine groups is 1. The molecule has 0 unspecified atom stereocenters. The van der Waals surface area contributed by atoms with Crippen molar-refractivity contribution in [2.45, 2.75) is 52.5 Å². The van der Waals surface area contributed by atoms with Crippen LogP contribution in [0.5, 0.6) is 17.2 Å². The molecule has 0 saturated carbocycles. The number of hydrogen-bond acceptors (Lipinski definition) is 7. The van der Waals surface area contributed by atoms with Gasteiger partial charge in [-0.25, -0.2) is 4.39 Å². The van der Waals surface area contributed by atoms with Gasteiger partial charge in [-0.1, -0.05) is 20.8 Å². The maximum absolute atomic E-state index is 15.1. The zero-order valence-electron chi connectivity index (χ0n) is 23.1. The van der Waals surface area contributed by atoms with Gasteiger partial charge in [-0.2, -0.15) is 0 Å². The first kappa shape index (κ1) is 29.4. The van der Waals surface area contributed by atoms with E-state index in [-0.39, 0.29) is 60.7 Å². The van der Waals surface area contributed by atoms with E-state index in [2.05, 4.69) is 5.32 Å². The predicted molar refractivity (Wildman–Crippen MR) is 144 cm³/mol. The maximum Gasteiger partial charge on any atom is 0.221 e. The number of rotatable bonds is 11. The van der Waals surface area contributed by atoms with E-state index in [0.29, 0.717) is 34.5 Å². The predicted octanol–water partition coefficient (Wildman–Crippen LogP) is 3.77. The summed E-state index contributed by atoms with van der Waals surface area (Å²) in [7, 11) is 2.72. The van der Waals surface area contributed by atoms with Crippen LogP contribution >= 0.6 is 0 Å². The molecule has 2 aromatic rings. The van der Waals surface area contributed by atoms with Crippen molar-refractivity contribution >= 4 is 29.1 Å². The van der Waals surface area contributed by atoms with Gasteiger partial charge < -0.3 is 30.2 Å². The summed E-state index contributed by atoms with van der Waals surface area (Å²) in [6.07, 6.45) is 0.544. The molecule has 1 heterocycles. The highest BCUT2D eigenvalue weighted by Gasteiger charge is 2.33. The normalized spacial score (nSPS) is 12.7. The molecule has 210 valence electrons. The number of nitrogens with zero attached hydrogens (tertiary/aromatic N) is 1. The van der Waals surface area contributed by atoms with Crippen LogP contribution in [0.3, 0.4) is 0 Å². The third-order valence-corrected chi connectivity index (χ3v) is 6.29. The number of methoxy groups -OCH3 is 2. The number of primary amides is 1. The molecule has 0 spiro atoms. The fourth-order valence-electron chi connectivity index (χ4n) is 4.43. The molecule has 1 aliphatic heterocycles. The minimum absolute atomic E-state index is 0.0643. The third kappa shape index (κ3) is 6.47. The second-order valence-electron chi connectivity index (χ2n) is 10.3.